The minimum atomic E-state index is -3.61. The lowest BCUT2D eigenvalue weighted by Crippen LogP contribution is -2.55. The molecule has 2 aliphatic rings. The molecule has 0 saturated carbocycles. The summed E-state index contributed by atoms with van der Waals surface area (Å²) in [7, 11) is -3.61. The Hall–Kier alpha value is -2.91. The zero-order chi connectivity index (χ0) is 25.0. The number of piperidine rings is 1. The Labute approximate surface area is 209 Å². The van der Waals surface area contributed by atoms with E-state index < -0.39 is 9.84 Å². The van der Waals surface area contributed by atoms with Crippen LogP contribution in [0.2, 0.25) is 5.02 Å². The van der Waals surface area contributed by atoms with Gasteiger partial charge in [-0.05, 0) is 61.7 Å². The summed E-state index contributed by atoms with van der Waals surface area (Å²) in [5.74, 6) is 0.257. The molecule has 0 aliphatic carbocycles. The van der Waals surface area contributed by atoms with E-state index in [0.29, 0.717) is 43.3 Å². The summed E-state index contributed by atoms with van der Waals surface area (Å²) in [5.41, 5.74) is 0.522. The van der Waals surface area contributed by atoms with E-state index in [9.17, 15) is 18.0 Å². The number of amides is 2. The molecule has 0 radical (unpaired) electrons. The molecule has 0 spiro atoms. The van der Waals surface area contributed by atoms with Gasteiger partial charge in [0.15, 0.2) is 9.84 Å². The molecule has 184 valence electrons. The Morgan fingerprint density at radius 2 is 1.80 bits per heavy atom. The van der Waals surface area contributed by atoms with Crippen LogP contribution in [-0.4, -0.2) is 64.1 Å². The van der Waals surface area contributed by atoms with Crippen molar-refractivity contribution in [1.82, 2.24) is 19.4 Å². The maximum atomic E-state index is 12.9. The number of nitrogens with zero attached hydrogens (tertiary/aromatic N) is 4. The Balaban J connectivity index is 1.19. The van der Waals surface area contributed by atoms with Crippen molar-refractivity contribution in [2.24, 2.45) is 0 Å². The van der Waals surface area contributed by atoms with Crippen molar-refractivity contribution in [2.75, 3.05) is 18.8 Å². The summed E-state index contributed by atoms with van der Waals surface area (Å²) in [6.07, 6.45) is 2.95. The third-order valence-corrected chi connectivity index (χ3v) is 9.26. The monoisotopic (exact) mass is 514 g/mol. The maximum Gasteiger partial charge on any atom is 0.330 e. The van der Waals surface area contributed by atoms with Crippen molar-refractivity contribution >= 4 is 44.1 Å². The molecule has 0 N–H and O–H groups in total. The van der Waals surface area contributed by atoms with E-state index in [1.165, 1.54) is 0 Å². The number of aromatic nitrogens is 2. The summed E-state index contributed by atoms with van der Waals surface area (Å²) in [5, 5.41) is 2.23. The highest BCUT2D eigenvalue weighted by atomic mass is 35.5. The standard InChI is InChI=1S/C25H27ClN4O4S/c1-17-27-15-21-16-29(24(32)30(17)21)25(2)8-10-28(11-9-25)23(31)7-12-35(33,34)22-6-4-18-13-20(26)5-3-19(18)14-22/h3-6,13-15H,7-12,16H2,1-2H3. The molecule has 1 saturated heterocycles. The lowest BCUT2D eigenvalue weighted by atomic mass is 9.87. The fraction of sp³-hybridized carbons (Fsp3) is 0.400. The van der Waals surface area contributed by atoms with Gasteiger partial charge in [-0.1, -0.05) is 23.7 Å². The van der Waals surface area contributed by atoms with Crippen LogP contribution in [0, 0.1) is 6.92 Å². The molecule has 2 aromatic carbocycles. The molecule has 2 aliphatic heterocycles. The Bertz CT molecular complexity index is 1440. The number of fused-ring (bicyclic) bond motifs is 2. The lowest BCUT2D eigenvalue weighted by Gasteiger charge is -2.44. The van der Waals surface area contributed by atoms with Gasteiger partial charge in [0, 0.05) is 30.1 Å². The quantitative estimate of drug-likeness (QED) is 0.512. The third-order valence-electron chi connectivity index (χ3n) is 7.32. The number of hydrogen-bond donors (Lipinski definition) is 0. The van der Waals surface area contributed by atoms with E-state index in [4.69, 9.17) is 11.6 Å². The molecule has 0 bridgehead atoms. The normalized spacial score (nSPS) is 17.7. The zero-order valence-corrected chi connectivity index (χ0v) is 21.3. The van der Waals surface area contributed by atoms with Gasteiger partial charge in [-0.2, -0.15) is 0 Å². The number of rotatable bonds is 5. The molecule has 10 heteroatoms. The number of carbonyl (C=O) groups excluding carboxylic acids is 2. The third kappa shape index (κ3) is 4.31. The predicted octanol–water partition coefficient (Wildman–Crippen LogP) is 4.03. The van der Waals surface area contributed by atoms with Crippen LogP contribution in [0.1, 0.15) is 37.7 Å². The topological polar surface area (TPSA) is 92.6 Å². The van der Waals surface area contributed by atoms with Gasteiger partial charge < -0.3 is 9.80 Å². The van der Waals surface area contributed by atoms with Gasteiger partial charge in [-0.25, -0.2) is 18.2 Å². The largest absolute Gasteiger partial charge is 0.342 e. The van der Waals surface area contributed by atoms with Crippen LogP contribution < -0.4 is 0 Å². The highest BCUT2D eigenvalue weighted by Gasteiger charge is 2.43. The first-order chi connectivity index (χ1) is 16.6. The molecule has 1 fully saturated rings. The lowest BCUT2D eigenvalue weighted by molar-refractivity contribution is -0.133. The summed E-state index contributed by atoms with van der Waals surface area (Å²) >= 11 is 6.01. The number of halogens is 1. The average molecular weight is 515 g/mol. The van der Waals surface area contributed by atoms with Crippen molar-refractivity contribution < 1.29 is 18.0 Å². The van der Waals surface area contributed by atoms with Gasteiger partial charge in [-0.3, -0.25) is 9.36 Å². The molecule has 2 amide bonds. The number of aryl methyl sites for hydroxylation is 1. The van der Waals surface area contributed by atoms with E-state index in [1.807, 2.05) is 11.8 Å². The van der Waals surface area contributed by atoms with Gasteiger partial charge in [0.05, 0.1) is 29.1 Å². The Morgan fingerprint density at radius 1 is 1.11 bits per heavy atom. The fourth-order valence-electron chi connectivity index (χ4n) is 5.03. The first-order valence-corrected chi connectivity index (χ1v) is 13.7. The number of benzene rings is 2. The Kier molecular flexibility index (Phi) is 5.88. The van der Waals surface area contributed by atoms with Crippen molar-refractivity contribution in [1.29, 1.82) is 0 Å². The van der Waals surface area contributed by atoms with E-state index >= 15 is 0 Å². The summed E-state index contributed by atoms with van der Waals surface area (Å²) in [6, 6.07) is 10.1. The summed E-state index contributed by atoms with van der Waals surface area (Å²) < 4.78 is 27.5. The van der Waals surface area contributed by atoms with Gasteiger partial charge in [0.25, 0.3) is 0 Å². The van der Waals surface area contributed by atoms with Crippen molar-refractivity contribution in [3.63, 3.8) is 0 Å². The van der Waals surface area contributed by atoms with Crippen molar-refractivity contribution in [3.05, 3.63) is 59.1 Å². The second-order valence-corrected chi connectivity index (χ2v) is 12.1. The van der Waals surface area contributed by atoms with E-state index in [2.05, 4.69) is 11.9 Å². The molecular formula is C25H27ClN4O4S. The summed E-state index contributed by atoms with van der Waals surface area (Å²) in [4.78, 5) is 33.8. The molecular weight excluding hydrogens is 488 g/mol. The van der Waals surface area contributed by atoms with Crippen LogP contribution in [0.4, 0.5) is 4.79 Å². The van der Waals surface area contributed by atoms with Crippen LogP contribution >= 0.6 is 11.6 Å². The second kappa shape index (κ2) is 8.64. The first kappa shape index (κ1) is 23.8. The van der Waals surface area contributed by atoms with E-state index in [1.54, 1.807) is 52.1 Å². The van der Waals surface area contributed by atoms with Crippen molar-refractivity contribution in [2.45, 2.75) is 50.1 Å². The molecule has 35 heavy (non-hydrogen) atoms. The highest BCUT2D eigenvalue weighted by molar-refractivity contribution is 7.91. The summed E-state index contributed by atoms with van der Waals surface area (Å²) in [6.45, 7) is 5.36. The predicted molar refractivity (Wildman–Crippen MR) is 133 cm³/mol. The zero-order valence-electron chi connectivity index (χ0n) is 19.7. The SMILES string of the molecule is Cc1ncc2n1C(=O)N(C1(C)CCN(C(=O)CCS(=O)(=O)c3ccc4cc(Cl)ccc4c3)CC1)C2. The van der Waals surface area contributed by atoms with Crippen molar-refractivity contribution in [3.8, 4) is 0 Å². The van der Waals surface area contributed by atoms with Crippen LogP contribution in [0.3, 0.4) is 0 Å². The Morgan fingerprint density at radius 3 is 2.51 bits per heavy atom. The van der Waals surface area contributed by atoms with E-state index in [-0.39, 0.29) is 34.5 Å². The highest BCUT2D eigenvalue weighted by Crippen LogP contribution is 2.34. The number of hydrogen-bond acceptors (Lipinski definition) is 5. The van der Waals surface area contributed by atoms with Crippen LogP contribution in [0.25, 0.3) is 10.8 Å². The molecule has 3 aromatic rings. The van der Waals surface area contributed by atoms with Crippen LogP contribution in [0.5, 0.6) is 0 Å². The fourth-order valence-corrected chi connectivity index (χ4v) is 6.47. The molecule has 5 rings (SSSR count). The average Bonchev–Trinajstić information content (AvgIpc) is 3.37. The number of carbonyl (C=O) groups is 2. The van der Waals surface area contributed by atoms with Gasteiger partial charge >= 0.3 is 6.03 Å². The maximum absolute atomic E-state index is 12.9. The van der Waals surface area contributed by atoms with Gasteiger partial charge in [-0.15, -0.1) is 0 Å². The van der Waals surface area contributed by atoms with Gasteiger partial charge in [0.1, 0.15) is 5.82 Å². The smallest absolute Gasteiger partial charge is 0.330 e. The molecule has 1 aromatic heterocycles. The number of imidazole rings is 1. The molecule has 0 atom stereocenters. The minimum Gasteiger partial charge on any atom is -0.342 e. The van der Waals surface area contributed by atoms with Gasteiger partial charge in [0.2, 0.25) is 5.91 Å². The minimum absolute atomic E-state index is 0.0685. The second-order valence-electron chi connectivity index (χ2n) is 9.60. The van der Waals surface area contributed by atoms with Crippen LogP contribution in [-0.2, 0) is 21.2 Å². The van der Waals surface area contributed by atoms with Crippen LogP contribution in [0.15, 0.2) is 47.5 Å². The molecule has 8 nitrogen and oxygen atoms in total. The molecule has 0 unspecified atom stereocenters. The molecule has 3 heterocycles. The number of likely N-dealkylation sites (tertiary alicyclic amines) is 1. The first-order valence-electron chi connectivity index (χ1n) is 11.6. The van der Waals surface area contributed by atoms with E-state index in [0.717, 1.165) is 16.5 Å². The number of sulfone groups is 1.